The van der Waals surface area contributed by atoms with Gasteiger partial charge in [-0.1, -0.05) is 36.4 Å². The van der Waals surface area contributed by atoms with Gasteiger partial charge < -0.3 is 9.47 Å². The summed E-state index contributed by atoms with van der Waals surface area (Å²) in [4.78, 5) is 36.5. The third kappa shape index (κ3) is 4.04. The van der Waals surface area contributed by atoms with Crippen LogP contribution in [0.2, 0.25) is 0 Å². The minimum Gasteiger partial charge on any atom is -0.465 e. The van der Waals surface area contributed by atoms with Crippen molar-refractivity contribution >= 4 is 23.8 Å². The van der Waals surface area contributed by atoms with Gasteiger partial charge in [0, 0.05) is 0 Å². The van der Waals surface area contributed by atoms with Crippen LogP contribution in [0.5, 0.6) is 0 Å². The van der Waals surface area contributed by atoms with Crippen LogP contribution in [0.3, 0.4) is 0 Å². The Labute approximate surface area is 129 Å². The summed E-state index contributed by atoms with van der Waals surface area (Å²) >= 11 is 0. The molecule has 0 saturated carbocycles. The molecule has 0 fully saturated rings. The van der Waals surface area contributed by atoms with Crippen LogP contribution < -0.4 is 0 Å². The van der Waals surface area contributed by atoms with E-state index in [0.717, 1.165) is 5.56 Å². The molecule has 1 rings (SSSR count). The first-order valence-corrected chi connectivity index (χ1v) is 7.08. The number of esters is 2. The highest BCUT2D eigenvalue weighted by Gasteiger charge is 2.50. The molecular formula is C17H20O5. The molecule has 22 heavy (non-hydrogen) atoms. The van der Waals surface area contributed by atoms with E-state index >= 15 is 0 Å². The summed E-state index contributed by atoms with van der Waals surface area (Å²) in [5.74, 6) is -2.49. The van der Waals surface area contributed by atoms with Gasteiger partial charge in [-0.05, 0) is 32.4 Å². The van der Waals surface area contributed by atoms with Gasteiger partial charge in [-0.2, -0.15) is 0 Å². The molecule has 0 atom stereocenters. The summed E-state index contributed by atoms with van der Waals surface area (Å²) in [6.07, 6.45) is 2.74. The van der Waals surface area contributed by atoms with Crippen molar-refractivity contribution in [2.24, 2.45) is 5.41 Å². The Morgan fingerprint density at radius 1 is 1.00 bits per heavy atom. The van der Waals surface area contributed by atoms with E-state index in [1.165, 1.54) is 13.0 Å². The molecule has 5 nitrogen and oxygen atoms in total. The molecule has 0 amide bonds. The number of ether oxygens (including phenoxy) is 2. The van der Waals surface area contributed by atoms with Crippen LogP contribution in [0.15, 0.2) is 36.4 Å². The SMILES string of the molecule is CCOC(=O)C(C)(C(=O)C=Cc1ccccc1)C(=O)OCC. The largest absolute Gasteiger partial charge is 0.465 e. The van der Waals surface area contributed by atoms with Crippen molar-refractivity contribution in [1.82, 2.24) is 0 Å². The van der Waals surface area contributed by atoms with E-state index in [-0.39, 0.29) is 13.2 Å². The lowest BCUT2D eigenvalue weighted by molar-refractivity contribution is -0.172. The molecule has 5 heteroatoms. The van der Waals surface area contributed by atoms with Crippen molar-refractivity contribution < 1.29 is 23.9 Å². The van der Waals surface area contributed by atoms with Gasteiger partial charge >= 0.3 is 11.9 Å². The fourth-order valence-corrected chi connectivity index (χ4v) is 1.74. The highest BCUT2D eigenvalue weighted by Crippen LogP contribution is 2.24. The maximum atomic E-state index is 12.4. The summed E-state index contributed by atoms with van der Waals surface area (Å²) in [5.41, 5.74) is -1.21. The lowest BCUT2D eigenvalue weighted by Gasteiger charge is -2.22. The summed E-state index contributed by atoms with van der Waals surface area (Å²) < 4.78 is 9.71. The first-order valence-electron chi connectivity index (χ1n) is 7.08. The van der Waals surface area contributed by atoms with Crippen LogP contribution in [0.25, 0.3) is 6.08 Å². The number of ketones is 1. The zero-order valence-electron chi connectivity index (χ0n) is 13.0. The Bertz CT molecular complexity index is 542. The molecule has 0 spiro atoms. The van der Waals surface area contributed by atoms with Gasteiger partial charge in [0.25, 0.3) is 0 Å². The standard InChI is InChI=1S/C17H20O5/c1-4-21-15(19)17(3,16(20)22-5-2)14(18)12-11-13-9-7-6-8-10-13/h6-12H,4-5H2,1-3H3. The zero-order valence-corrected chi connectivity index (χ0v) is 13.0. The molecule has 0 heterocycles. The Morgan fingerprint density at radius 3 is 1.95 bits per heavy atom. The van der Waals surface area contributed by atoms with Crippen molar-refractivity contribution in [2.75, 3.05) is 13.2 Å². The number of carbonyl (C=O) groups is 3. The monoisotopic (exact) mass is 304 g/mol. The number of rotatable bonds is 7. The maximum absolute atomic E-state index is 12.4. The molecule has 0 aromatic heterocycles. The van der Waals surface area contributed by atoms with Crippen molar-refractivity contribution in [3.63, 3.8) is 0 Å². The molecule has 0 N–H and O–H groups in total. The van der Waals surface area contributed by atoms with Crippen molar-refractivity contribution in [2.45, 2.75) is 20.8 Å². The molecule has 0 aliphatic heterocycles. The van der Waals surface area contributed by atoms with E-state index in [9.17, 15) is 14.4 Å². The molecule has 1 aromatic rings. The summed E-state index contributed by atoms with van der Waals surface area (Å²) in [7, 11) is 0. The predicted octanol–water partition coefficient (Wildman–Crippen LogP) is 2.40. The van der Waals surface area contributed by atoms with Gasteiger partial charge in [-0.15, -0.1) is 0 Å². The van der Waals surface area contributed by atoms with Crippen LogP contribution in [0.1, 0.15) is 26.3 Å². The molecule has 0 saturated heterocycles. The van der Waals surface area contributed by atoms with E-state index in [0.29, 0.717) is 0 Å². The third-order valence-electron chi connectivity index (χ3n) is 3.09. The molecule has 0 aliphatic carbocycles. The fraction of sp³-hybridized carbons (Fsp3) is 0.353. The Balaban J connectivity index is 3.05. The van der Waals surface area contributed by atoms with Crippen molar-refractivity contribution in [3.8, 4) is 0 Å². The minimum atomic E-state index is -1.99. The maximum Gasteiger partial charge on any atom is 0.331 e. The fourth-order valence-electron chi connectivity index (χ4n) is 1.74. The topological polar surface area (TPSA) is 69.7 Å². The Hall–Kier alpha value is -2.43. The molecule has 1 aromatic carbocycles. The van der Waals surface area contributed by atoms with E-state index in [1.807, 2.05) is 18.2 Å². The second-order valence-corrected chi connectivity index (χ2v) is 4.67. The average Bonchev–Trinajstić information content (AvgIpc) is 2.53. The molecule has 0 aliphatic rings. The molecule has 0 bridgehead atoms. The summed E-state index contributed by atoms with van der Waals surface area (Å²) in [6, 6.07) is 9.09. The van der Waals surface area contributed by atoms with Crippen LogP contribution in [-0.4, -0.2) is 30.9 Å². The summed E-state index contributed by atoms with van der Waals surface area (Å²) in [6.45, 7) is 4.58. The smallest absolute Gasteiger partial charge is 0.331 e. The van der Waals surface area contributed by atoms with E-state index < -0.39 is 23.1 Å². The first-order chi connectivity index (χ1) is 10.5. The average molecular weight is 304 g/mol. The van der Waals surface area contributed by atoms with Crippen LogP contribution in [0.4, 0.5) is 0 Å². The van der Waals surface area contributed by atoms with Crippen molar-refractivity contribution in [3.05, 3.63) is 42.0 Å². The quantitative estimate of drug-likeness (QED) is 0.439. The van der Waals surface area contributed by atoms with Gasteiger partial charge in [-0.3, -0.25) is 14.4 Å². The van der Waals surface area contributed by atoms with Gasteiger partial charge in [0.15, 0.2) is 5.78 Å². The van der Waals surface area contributed by atoms with Crippen LogP contribution in [0, 0.1) is 5.41 Å². The number of hydrogen-bond donors (Lipinski definition) is 0. The number of benzene rings is 1. The Morgan fingerprint density at radius 2 is 1.50 bits per heavy atom. The summed E-state index contributed by atoms with van der Waals surface area (Å²) in [5, 5.41) is 0. The highest BCUT2D eigenvalue weighted by molar-refractivity contribution is 6.23. The van der Waals surface area contributed by atoms with Gasteiger partial charge in [0.05, 0.1) is 13.2 Å². The lowest BCUT2D eigenvalue weighted by Crippen LogP contribution is -2.45. The molecular weight excluding hydrogens is 284 g/mol. The number of carbonyl (C=O) groups excluding carboxylic acids is 3. The highest BCUT2D eigenvalue weighted by atomic mass is 16.6. The Kier molecular flexibility index (Phi) is 6.50. The third-order valence-corrected chi connectivity index (χ3v) is 3.09. The second-order valence-electron chi connectivity index (χ2n) is 4.67. The van der Waals surface area contributed by atoms with Crippen LogP contribution in [-0.2, 0) is 23.9 Å². The van der Waals surface area contributed by atoms with Gasteiger partial charge in [-0.25, -0.2) is 0 Å². The lowest BCUT2D eigenvalue weighted by atomic mass is 9.85. The molecule has 118 valence electrons. The molecule has 0 unspecified atom stereocenters. The van der Waals surface area contributed by atoms with E-state index in [2.05, 4.69) is 0 Å². The second kappa shape index (κ2) is 8.12. The first kappa shape index (κ1) is 17.6. The van der Waals surface area contributed by atoms with Gasteiger partial charge in [0.2, 0.25) is 5.41 Å². The minimum absolute atomic E-state index is 0.0729. The number of allylic oxidation sites excluding steroid dienone is 1. The molecule has 0 radical (unpaired) electrons. The predicted molar refractivity (Wildman–Crippen MR) is 81.9 cm³/mol. The van der Waals surface area contributed by atoms with Crippen LogP contribution >= 0.6 is 0 Å². The van der Waals surface area contributed by atoms with E-state index in [1.54, 1.807) is 32.1 Å². The zero-order chi connectivity index (χ0) is 16.6. The van der Waals surface area contributed by atoms with Gasteiger partial charge in [0.1, 0.15) is 0 Å². The van der Waals surface area contributed by atoms with E-state index in [4.69, 9.17) is 9.47 Å². The van der Waals surface area contributed by atoms with Crippen molar-refractivity contribution in [1.29, 1.82) is 0 Å². The number of hydrogen-bond acceptors (Lipinski definition) is 5. The normalized spacial score (nSPS) is 11.2.